The summed E-state index contributed by atoms with van der Waals surface area (Å²) in [6.07, 6.45) is -13.9. The van der Waals surface area contributed by atoms with E-state index in [1.54, 1.807) is 0 Å². The Bertz CT molecular complexity index is 2690. The number of hydrogen-bond acceptors (Lipinski definition) is 21. The number of rotatable bonds is 19. The van der Waals surface area contributed by atoms with Gasteiger partial charge in [-0.25, -0.2) is 0 Å². The molecule has 5 rings (SSSR count). The molecule has 0 unspecified atom stereocenters. The van der Waals surface area contributed by atoms with Crippen LogP contribution < -0.4 is 41.2 Å². The number of aliphatic hydroxyl groups excluding tert-OH is 8. The molecule has 0 spiro atoms. The zero-order valence-electron chi connectivity index (χ0n) is 44.4. The highest BCUT2D eigenvalue weighted by atomic mass is 32.3. The number of nitrogens with one attached hydrogen (secondary N) is 5. The van der Waals surface area contributed by atoms with Crippen molar-refractivity contribution in [3.63, 3.8) is 0 Å². The molecule has 8 amide bonds. The molecule has 15 atom stereocenters. The summed E-state index contributed by atoms with van der Waals surface area (Å²) in [6.45, 7) is 3.63. The summed E-state index contributed by atoms with van der Waals surface area (Å²) in [5.41, 5.74) is 4.68. The minimum atomic E-state index is -5.34. The van der Waals surface area contributed by atoms with Gasteiger partial charge >= 0.3 is 10.4 Å². The van der Waals surface area contributed by atoms with Crippen LogP contribution in [0.3, 0.4) is 0 Å². The number of primary amides is 1. The van der Waals surface area contributed by atoms with Gasteiger partial charge in [0.2, 0.25) is 41.4 Å². The molecule has 2 aromatic carbocycles. The maximum atomic E-state index is 14.6. The zero-order chi connectivity index (χ0) is 60.2. The lowest BCUT2D eigenvalue weighted by molar-refractivity contribution is -0.149. The average molecular weight is 1170 g/mol. The van der Waals surface area contributed by atoms with E-state index >= 15 is 0 Å². The van der Waals surface area contributed by atoms with E-state index in [0.717, 1.165) is 57.6 Å². The zero-order valence-corrected chi connectivity index (χ0v) is 45.3. The molecule has 17 N–H and O–H groups in total. The van der Waals surface area contributed by atoms with Gasteiger partial charge in [-0.15, -0.1) is 0 Å². The number of carbonyl (C=O) groups is 8. The smallest absolute Gasteiger partial charge is 0.446 e. The largest absolute Gasteiger partial charge is 0.504 e. The van der Waals surface area contributed by atoms with Gasteiger partial charge in [-0.1, -0.05) is 52.0 Å². The molecule has 0 saturated carbocycles. The van der Waals surface area contributed by atoms with Crippen molar-refractivity contribution < 1.29 is 106 Å². The van der Waals surface area contributed by atoms with E-state index in [1.807, 2.05) is 10.6 Å². The lowest BCUT2D eigenvalue weighted by Crippen LogP contribution is -2.64. The third kappa shape index (κ3) is 17.4. The van der Waals surface area contributed by atoms with Gasteiger partial charge in [-0.2, -0.15) is 8.42 Å². The first-order valence-electron chi connectivity index (χ1n) is 26.1. The van der Waals surface area contributed by atoms with Gasteiger partial charge in [-0.05, 0) is 55.3 Å². The van der Waals surface area contributed by atoms with Gasteiger partial charge in [0, 0.05) is 37.4 Å². The SMILES string of the molecule is CCCCCCCCOc1ccc(C(=O)N[C@H]2C[C@@H](O)[C@@H](O)NC(=O)[C@@H]3[C@@H](O)[C@@H](C)CN3C(=O)[C@H]([C@H](O)CC(N)=O)NC(=O)[C@H]([C@H](O)[C@@H](O)c3ccc(O)c(OS(=O)(=O)O)c3)NC(=O)[C@@H]3C[C@@H](O)CN3C(=O)[C@H]([C@@H](C)O)NC2=O)cc1. The Balaban J connectivity index is 1.57. The van der Waals surface area contributed by atoms with Crippen molar-refractivity contribution in [2.75, 3.05) is 19.7 Å². The fourth-order valence-corrected chi connectivity index (χ4v) is 9.88. The predicted molar refractivity (Wildman–Crippen MR) is 277 cm³/mol. The van der Waals surface area contributed by atoms with Gasteiger partial charge < -0.3 is 97.0 Å². The number of hydrogen-bond donors (Lipinski definition) is 16. The summed E-state index contributed by atoms with van der Waals surface area (Å²) in [5.74, 6) is -13.4. The predicted octanol–water partition coefficient (Wildman–Crippen LogP) is -5.05. The van der Waals surface area contributed by atoms with E-state index in [-0.39, 0.29) is 5.56 Å². The molecule has 0 aromatic heterocycles. The minimum Gasteiger partial charge on any atom is -0.504 e. The number of phenols is 1. The summed E-state index contributed by atoms with van der Waals surface area (Å²) in [5, 5.41) is 111. The molecule has 81 heavy (non-hydrogen) atoms. The van der Waals surface area contributed by atoms with Gasteiger partial charge in [0.05, 0.1) is 37.4 Å². The summed E-state index contributed by atoms with van der Waals surface area (Å²) in [4.78, 5) is 114. The Morgan fingerprint density at radius 3 is 2.02 bits per heavy atom. The molecular formula is C50H72N8O22S. The molecule has 3 aliphatic heterocycles. The number of nitrogens with zero attached hydrogens (tertiary/aromatic N) is 2. The van der Waals surface area contributed by atoms with Crippen molar-refractivity contribution in [3.05, 3.63) is 53.6 Å². The fourth-order valence-electron chi connectivity index (χ4n) is 9.52. The molecule has 30 nitrogen and oxygen atoms in total. The highest BCUT2D eigenvalue weighted by Crippen LogP contribution is 2.33. The van der Waals surface area contributed by atoms with E-state index in [2.05, 4.69) is 27.1 Å². The lowest BCUT2D eigenvalue weighted by Gasteiger charge is -2.34. The first-order valence-corrected chi connectivity index (χ1v) is 27.5. The second-order valence-electron chi connectivity index (χ2n) is 20.3. The van der Waals surface area contributed by atoms with Crippen LogP contribution in [0.2, 0.25) is 0 Å². The number of amides is 8. The van der Waals surface area contributed by atoms with Crippen LogP contribution in [0.4, 0.5) is 0 Å². The molecule has 450 valence electrons. The Labute approximate surface area is 464 Å². The van der Waals surface area contributed by atoms with Crippen molar-refractivity contribution in [3.8, 4) is 17.2 Å². The number of fused-ring (bicyclic) bond motifs is 2. The maximum absolute atomic E-state index is 14.6. The average Bonchev–Trinajstić information content (AvgIpc) is 3.96. The number of carbonyl (C=O) groups excluding carboxylic acids is 8. The Kier molecular flexibility index (Phi) is 23.1. The third-order valence-corrected chi connectivity index (χ3v) is 14.3. The van der Waals surface area contributed by atoms with Crippen LogP contribution in [-0.2, 0) is 44.0 Å². The fraction of sp³-hybridized carbons (Fsp3) is 0.600. The molecule has 2 aromatic rings. The van der Waals surface area contributed by atoms with Crippen LogP contribution in [0.5, 0.6) is 17.2 Å². The van der Waals surface area contributed by atoms with E-state index in [4.69, 9.17) is 10.5 Å². The molecule has 0 radical (unpaired) electrons. The number of aromatic hydroxyl groups is 1. The molecule has 0 bridgehead atoms. The summed E-state index contributed by atoms with van der Waals surface area (Å²) >= 11 is 0. The minimum absolute atomic E-state index is 0.0558. The monoisotopic (exact) mass is 1170 g/mol. The molecule has 31 heteroatoms. The van der Waals surface area contributed by atoms with Crippen LogP contribution in [0.25, 0.3) is 0 Å². The number of unbranched alkanes of at least 4 members (excludes halogenated alkanes) is 5. The van der Waals surface area contributed by atoms with E-state index in [9.17, 15) is 97.3 Å². The van der Waals surface area contributed by atoms with Crippen molar-refractivity contribution in [1.29, 1.82) is 0 Å². The first kappa shape index (κ1) is 65.0. The van der Waals surface area contributed by atoms with Crippen LogP contribution in [0.1, 0.15) is 101 Å². The highest BCUT2D eigenvalue weighted by molar-refractivity contribution is 7.81. The number of ether oxygens (including phenoxy) is 1. The number of nitrogens with two attached hydrogens (primary N) is 1. The number of benzene rings is 2. The molecule has 3 saturated heterocycles. The topological polar surface area (TPSA) is 484 Å². The lowest BCUT2D eigenvalue weighted by atomic mass is 9.96. The van der Waals surface area contributed by atoms with E-state index in [1.165, 1.54) is 31.2 Å². The van der Waals surface area contributed by atoms with Gasteiger partial charge in [0.15, 0.2) is 17.7 Å². The molecule has 0 aliphatic carbocycles. The second kappa shape index (κ2) is 28.7. The van der Waals surface area contributed by atoms with E-state index in [0.29, 0.717) is 28.2 Å². The van der Waals surface area contributed by atoms with Crippen molar-refractivity contribution in [2.24, 2.45) is 11.7 Å². The molecule has 3 aliphatic rings. The van der Waals surface area contributed by atoms with Gasteiger partial charge in [0.25, 0.3) is 5.91 Å². The Morgan fingerprint density at radius 2 is 1.40 bits per heavy atom. The summed E-state index contributed by atoms with van der Waals surface area (Å²) < 4.78 is 42.4. The van der Waals surface area contributed by atoms with Gasteiger partial charge in [0.1, 0.15) is 60.3 Å². The number of phenolic OH excluding ortho intramolecular Hbond substituents is 1. The Morgan fingerprint density at radius 1 is 0.778 bits per heavy atom. The number of aliphatic hydroxyl groups is 8. The van der Waals surface area contributed by atoms with Crippen LogP contribution >= 0.6 is 0 Å². The first-order chi connectivity index (χ1) is 38.0. The van der Waals surface area contributed by atoms with Crippen LogP contribution in [0, 0.1) is 5.92 Å². The van der Waals surface area contributed by atoms with Crippen LogP contribution in [0.15, 0.2) is 42.5 Å². The highest BCUT2D eigenvalue weighted by Gasteiger charge is 2.51. The van der Waals surface area contributed by atoms with Crippen LogP contribution in [-0.4, -0.2) is 215 Å². The van der Waals surface area contributed by atoms with E-state index < -0.39 is 198 Å². The second-order valence-corrected chi connectivity index (χ2v) is 21.4. The van der Waals surface area contributed by atoms with Gasteiger partial charge in [-0.3, -0.25) is 42.9 Å². The molecular weight excluding hydrogens is 1100 g/mol. The summed E-state index contributed by atoms with van der Waals surface area (Å²) in [6, 6.07) is -5.13. The molecule has 3 heterocycles. The quantitative estimate of drug-likeness (QED) is 0.0462. The Hall–Kier alpha value is -6.81. The third-order valence-electron chi connectivity index (χ3n) is 14.0. The molecule has 3 fully saturated rings. The van der Waals surface area contributed by atoms with Crippen molar-refractivity contribution in [1.82, 2.24) is 36.4 Å². The van der Waals surface area contributed by atoms with Crippen molar-refractivity contribution in [2.45, 2.75) is 164 Å². The normalized spacial score (nSPS) is 27.9. The maximum Gasteiger partial charge on any atom is 0.446 e. The summed E-state index contributed by atoms with van der Waals surface area (Å²) in [7, 11) is -5.34. The standard InChI is InChI=1S/C50H72N8O22S/c1-4-5-6-7-8-9-16-79-28-13-10-25(11-14-28)43(68)52-29-19-33(63)46(71)56-48(73)39-40(65)23(2)21-58(39)50(75)37(32(62)20-35(51)64)54-47(72)38(42(67)41(66)26-12-15-31(61)34(17-26)80-81(76,77)78)55-45(70)30-18-27(60)22-57(30)49(74)36(24(3)59)53-44(29)69/h10-15,17,23-24,27,29-30,32-33,36-42,46,59-63,65-67,71H,4-9,16,18-22H2,1-3H3,(H2,51,64)(H,52,68)(H,53,69)(H,54,72)(H,55,70)(H,56,73)(H,76,77,78)/t23-,24+,27+,29-,30-,32+,33+,36-,37-,38-,39-,40-,41-,42-,46+/m0/s1. The van der Waals surface area contributed by atoms with Crippen molar-refractivity contribution >= 4 is 57.7 Å².